The van der Waals surface area contributed by atoms with E-state index in [1.807, 2.05) is 0 Å². The van der Waals surface area contributed by atoms with Crippen molar-refractivity contribution < 1.29 is 14.3 Å². The molecule has 0 saturated carbocycles. The Labute approximate surface area is 151 Å². The van der Waals surface area contributed by atoms with Crippen LogP contribution in [0.3, 0.4) is 0 Å². The van der Waals surface area contributed by atoms with E-state index in [4.69, 9.17) is 11.5 Å². The van der Waals surface area contributed by atoms with Gasteiger partial charge in [-0.25, -0.2) is 0 Å². The van der Waals surface area contributed by atoms with E-state index >= 15 is 0 Å². The van der Waals surface area contributed by atoms with Crippen LogP contribution in [0.2, 0.25) is 0 Å². The van der Waals surface area contributed by atoms with Crippen molar-refractivity contribution in [1.82, 2.24) is 0 Å². The van der Waals surface area contributed by atoms with Crippen molar-refractivity contribution in [2.45, 2.75) is 50.6 Å². The number of halogens is 1. The first-order valence-electron chi connectivity index (χ1n) is 7.80. The largest absolute Gasteiger partial charge is 0.468 e. The number of Topliss-reactive ketones (excluding diaryl/α,β-unsaturated/α-hetero) is 1. The van der Waals surface area contributed by atoms with Crippen LogP contribution in [0.5, 0.6) is 0 Å². The van der Waals surface area contributed by atoms with Gasteiger partial charge in [0, 0.05) is 9.99 Å². The van der Waals surface area contributed by atoms with E-state index in [1.54, 1.807) is 0 Å². The van der Waals surface area contributed by atoms with Crippen LogP contribution in [-0.2, 0) is 20.7 Å². The highest BCUT2D eigenvalue weighted by atomic mass is 127. The topological polar surface area (TPSA) is 95.4 Å². The van der Waals surface area contributed by atoms with Gasteiger partial charge < -0.3 is 16.2 Å². The Morgan fingerprint density at radius 3 is 2.30 bits per heavy atom. The van der Waals surface area contributed by atoms with E-state index < -0.39 is 18.1 Å². The number of benzene rings is 1. The molecule has 1 unspecified atom stereocenters. The van der Waals surface area contributed by atoms with Crippen molar-refractivity contribution in [3.8, 4) is 0 Å². The Morgan fingerprint density at radius 1 is 1.09 bits per heavy atom. The number of esters is 1. The Bertz CT molecular complexity index is 505. The summed E-state index contributed by atoms with van der Waals surface area (Å²) in [6.45, 7) is 0. The molecule has 1 aromatic carbocycles. The van der Waals surface area contributed by atoms with Gasteiger partial charge >= 0.3 is 5.97 Å². The molecule has 0 spiro atoms. The van der Waals surface area contributed by atoms with Crippen molar-refractivity contribution in [3.05, 3.63) is 33.4 Å². The summed E-state index contributed by atoms with van der Waals surface area (Å²) < 4.78 is 5.76. The lowest BCUT2D eigenvalue weighted by molar-refractivity contribution is -0.142. The summed E-state index contributed by atoms with van der Waals surface area (Å²) in [6, 6.07) is 7.18. The fourth-order valence-corrected chi connectivity index (χ4v) is 2.65. The molecule has 6 heteroatoms. The molecule has 0 bridgehead atoms. The molecule has 2 atom stereocenters. The predicted molar refractivity (Wildman–Crippen MR) is 98.9 cm³/mol. The third kappa shape index (κ3) is 7.90. The van der Waals surface area contributed by atoms with E-state index in [0.717, 1.165) is 12.8 Å². The molecule has 0 aliphatic heterocycles. The average Bonchev–Trinajstić information content (AvgIpc) is 2.55. The number of rotatable bonds is 10. The van der Waals surface area contributed by atoms with Crippen molar-refractivity contribution in [2.24, 2.45) is 11.5 Å². The van der Waals surface area contributed by atoms with Crippen molar-refractivity contribution >= 4 is 34.3 Å². The van der Waals surface area contributed by atoms with E-state index in [1.165, 1.54) is 16.2 Å². The van der Waals surface area contributed by atoms with E-state index in [0.29, 0.717) is 25.7 Å². The maximum absolute atomic E-state index is 12.0. The first kappa shape index (κ1) is 20.1. The molecular weight excluding hydrogens is 407 g/mol. The number of nitrogens with two attached hydrogens (primary N) is 2. The van der Waals surface area contributed by atoms with Crippen LogP contribution in [0.1, 0.15) is 37.7 Å². The Morgan fingerprint density at radius 2 is 1.70 bits per heavy atom. The van der Waals surface area contributed by atoms with Gasteiger partial charge in [-0.1, -0.05) is 12.1 Å². The number of hydrogen-bond donors (Lipinski definition) is 2. The molecule has 0 heterocycles. The minimum atomic E-state index is -0.636. The molecule has 4 N–H and O–H groups in total. The van der Waals surface area contributed by atoms with Crippen LogP contribution in [0.4, 0.5) is 0 Å². The van der Waals surface area contributed by atoms with Gasteiger partial charge in [-0.3, -0.25) is 9.59 Å². The first-order valence-corrected chi connectivity index (χ1v) is 8.88. The summed E-state index contributed by atoms with van der Waals surface area (Å²) in [5.74, 6) is -0.357. The molecule has 0 aromatic heterocycles. The second-order valence-corrected chi connectivity index (χ2v) is 6.86. The normalized spacial score (nSPS) is 13.4. The lowest BCUT2D eigenvalue weighted by Crippen LogP contribution is -2.33. The van der Waals surface area contributed by atoms with Gasteiger partial charge in [-0.15, -0.1) is 0 Å². The van der Waals surface area contributed by atoms with Crippen molar-refractivity contribution in [3.63, 3.8) is 0 Å². The molecule has 5 nitrogen and oxygen atoms in total. The van der Waals surface area contributed by atoms with Gasteiger partial charge in [-0.05, 0) is 72.4 Å². The molecule has 0 radical (unpaired) electrons. The zero-order valence-corrected chi connectivity index (χ0v) is 15.6. The number of carbonyl (C=O) groups excluding carboxylic acids is 2. The Hall–Kier alpha value is -0.990. The minimum absolute atomic E-state index is 0.0714. The molecule has 1 aromatic rings. The summed E-state index contributed by atoms with van der Waals surface area (Å²) in [6.07, 6.45) is 3.83. The van der Waals surface area contributed by atoms with E-state index in [-0.39, 0.29) is 5.78 Å². The van der Waals surface area contributed by atoms with Crippen LogP contribution in [0, 0.1) is 3.57 Å². The smallest absolute Gasteiger partial charge is 0.322 e. The molecule has 0 amide bonds. The molecule has 0 saturated heterocycles. The molecule has 0 fully saturated rings. The summed E-state index contributed by atoms with van der Waals surface area (Å²) >= 11 is 2.27. The highest BCUT2D eigenvalue weighted by Gasteiger charge is 2.16. The van der Waals surface area contributed by atoms with Gasteiger partial charge in [0.05, 0.1) is 13.2 Å². The van der Waals surface area contributed by atoms with Crippen LogP contribution < -0.4 is 11.5 Å². The monoisotopic (exact) mass is 432 g/mol. The Kier molecular flexibility index (Phi) is 9.35. The van der Waals surface area contributed by atoms with Crippen molar-refractivity contribution in [1.29, 1.82) is 0 Å². The molecule has 0 aliphatic carbocycles. The molecule has 0 aliphatic rings. The maximum atomic E-state index is 12.0. The molecule has 23 heavy (non-hydrogen) atoms. The second kappa shape index (κ2) is 10.7. The van der Waals surface area contributed by atoms with Gasteiger partial charge in [-0.2, -0.15) is 0 Å². The summed E-state index contributed by atoms with van der Waals surface area (Å²) in [7, 11) is 1.31. The van der Waals surface area contributed by atoms with E-state index in [2.05, 4.69) is 51.6 Å². The van der Waals surface area contributed by atoms with Gasteiger partial charge in [0.2, 0.25) is 0 Å². The summed E-state index contributed by atoms with van der Waals surface area (Å²) in [5, 5.41) is 0. The number of aryl methyl sites for hydroxylation is 1. The number of ketones is 1. The average molecular weight is 432 g/mol. The van der Waals surface area contributed by atoms with Crippen LogP contribution in [0.15, 0.2) is 24.3 Å². The SMILES string of the molecule is COC(=O)[C@@H](N)CCCC(N)C(=O)CCCc1ccc(I)cc1. The quantitative estimate of drug-likeness (QED) is 0.437. The first-order chi connectivity index (χ1) is 10.9. The van der Waals surface area contributed by atoms with Crippen LogP contribution in [0.25, 0.3) is 0 Å². The number of hydrogen-bond acceptors (Lipinski definition) is 5. The molecular formula is C17H25IN2O3. The summed E-state index contributed by atoms with van der Waals surface area (Å²) in [5.41, 5.74) is 12.8. The summed E-state index contributed by atoms with van der Waals surface area (Å²) in [4.78, 5) is 23.2. The molecule has 128 valence electrons. The standard InChI is InChI=1S/C17H25IN2O3/c1-23-17(22)15(20)6-3-5-14(19)16(21)7-2-4-12-8-10-13(18)11-9-12/h8-11,14-15H,2-7,19-20H2,1H3/t14?,15-/m0/s1. The third-order valence-electron chi connectivity index (χ3n) is 3.75. The predicted octanol–water partition coefficient (Wildman–Crippen LogP) is 2.18. The zero-order valence-electron chi connectivity index (χ0n) is 13.5. The zero-order chi connectivity index (χ0) is 17.2. The van der Waals surface area contributed by atoms with Gasteiger partial charge in [0.25, 0.3) is 0 Å². The van der Waals surface area contributed by atoms with Crippen LogP contribution >= 0.6 is 22.6 Å². The number of methoxy groups -OCH3 is 1. The molecule has 1 rings (SSSR count). The number of carbonyl (C=O) groups is 2. The lowest BCUT2D eigenvalue weighted by atomic mass is 9.99. The lowest BCUT2D eigenvalue weighted by Gasteiger charge is -2.12. The second-order valence-electron chi connectivity index (χ2n) is 5.61. The van der Waals surface area contributed by atoms with Crippen LogP contribution in [-0.4, -0.2) is 30.9 Å². The highest BCUT2D eigenvalue weighted by Crippen LogP contribution is 2.11. The fourth-order valence-electron chi connectivity index (χ4n) is 2.29. The minimum Gasteiger partial charge on any atom is -0.468 e. The number of ether oxygens (including phenoxy) is 1. The fraction of sp³-hybridized carbons (Fsp3) is 0.529. The van der Waals surface area contributed by atoms with Gasteiger partial charge in [0.1, 0.15) is 11.8 Å². The third-order valence-corrected chi connectivity index (χ3v) is 4.47. The van der Waals surface area contributed by atoms with Crippen molar-refractivity contribution in [2.75, 3.05) is 7.11 Å². The maximum Gasteiger partial charge on any atom is 0.322 e. The highest BCUT2D eigenvalue weighted by molar-refractivity contribution is 14.1. The van der Waals surface area contributed by atoms with E-state index in [9.17, 15) is 9.59 Å². The van der Waals surface area contributed by atoms with Gasteiger partial charge in [0.15, 0.2) is 0 Å². The Balaban J connectivity index is 2.21.